The lowest BCUT2D eigenvalue weighted by Gasteiger charge is -2.39. The smallest absolute Gasteiger partial charge is 0.227 e. The molecule has 34 heavy (non-hydrogen) atoms. The minimum Gasteiger partial charge on any atom is -0.493 e. The molecule has 0 spiro atoms. The van der Waals surface area contributed by atoms with Crippen LogP contribution in [0.2, 0.25) is 0 Å². The second-order valence-corrected chi connectivity index (χ2v) is 9.82. The average molecular weight is 480 g/mol. The minimum atomic E-state index is -0.617. The molecule has 0 aliphatic carbocycles. The molecule has 2 aliphatic heterocycles. The van der Waals surface area contributed by atoms with E-state index in [2.05, 4.69) is 10.6 Å². The Morgan fingerprint density at radius 3 is 2.74 bits per heavy atom. The number of carbonyl (C=O) groups is 1. The first kappa shape index (κ1) is 26.9. The first-order valence-corrected chi connectivity index (χ1v) is 12.9. The van der Waals surface area contributed by atoms with E-state index in [0.717, 1.165) is 57.8 Å². The first-order chi connectivity index (χ1) is 16.5. The van der Waals surface area contributed by atoms with E-state index in [1.807, 2.05) is 0 Å². The van der Waals surface area contributed by atoms with Gasteiger partial charge in [-0.05, 0) is 82.1 Å². The molecule has 0 saturated carbocycles. The minimum absolute atomic E-state index is 0.0382. The maximum Gasteiger partial charge on any atom is 0.227 e. The summed E-state index contributed by atoms with van der Waals surface area (Å²) in [5.41, 5.74) is 0.415. The zero-order valence-corrected chi connectivity index (χ0v) is 20.3. The molecule has 2 saturated heterocycles. The summed E-state index contributed by atoms with van der Waals surface area (Å²) >= 11 is 0. The lowest BCUT2D eigenvalue weighted by molar-refractivity contribution is -0.136. The van der Waals surface area contributed by atoms with Gasteiger partial charge in [0.05, 0.1) is 25.7 Å². The number of nitrogens with zero attached hydrogens (tertiary/aromatic N) is 1. The summed E-state index contributed by atoms with van der Waals surface area (Å²) in [6.45, 7) is 5.74. The third-order valence-corrected chi connectivity index (χ3v) is 6.94. The molecule has 1 amide bonds. The van der Waals surface area contributed by atoms with Crippen molar-refractivity contribution in [3.05, 3.63) is 29.6 Å². The first-order valence-electron chi connectivity index (χ1n) is 12.9. The number of hydrogen-bond acceptors (Lipinski definition) is 6. The number of unbranched alkanes of at least 4 members (excludes halogenated alkanes) is 1. The lowest BCUT2D eigenvalue weighted by Crippen LogP contribution is -2.53. The molecule has 3 rings (SSSR count). The van der Waals surface area contributed by atoms with E-state index in [0.29, 0.717) is 43.3 Å². The van der Waals surface area contributed by atoms with Crippen molar-refractivity contribution in [3.8, 4) is 5.75 Å². The van der Waals surface area contributed by atoms with Crippen LogP contribution in [0.5, 0.6) is 5.75 Å². The van der Waals surface area contributed by atoms with Gasteiger partial charge in [-0.15, -0.1) is 0 Å². The van der Waals surface area contributed by atoms with Crippen LogP contribution in [0.4, 0.5) is 4.39 Å². The third-order valence-electron chi connectivity index (χ3n) is 6.94. The molecule has 0 bridgehead atoms. The van der Waals surface area contributed by atoms with Crippen molar-refractivity contribution in [1.29, 1.82) is 0 Å². The summed E-state index contributed by atoms with van der Waals surface area (Å²) in [5.74, 6) is 1.31. The van der Waals surface area contributed by atoms with Crippen molar-refractivity contribution >= 4 is 5.91 Å². The molecular formula is C26H42FN3O4. The van der Waals surface area contributed by atoms with Crippen LogP contribution in [0.3, 0.4) is 0 Å². The average Bonchev–Trinajstić information content (AvgIpc) is 2.82. The van der Waals surface area contributed by atoms with Crippen LogP contribution < -0.4 is 15.4 Å². The van der Waals surface area contributed by atoms with Gasteiger partial charge in [0.1, 0.15) is 11.6 Å². The highest BCUT2D eigenvalue weighted by atomic mass is 19.1. The fourth-order valence-corrected chi connectivity index (χ4v) is 4.70. The highest BCUT2D eigenvalue weighted by Crippen LogP contribution is 2.22. The Labute approximate surface area is 203 Å². The van der Waals surface area contributed by atoms with Crippen LogP contribution in [0.1, 0.15) is 50.5 Å². The summed E-state index contributed by atoms with van der Waals surface area (Å²) in [6.07, 6.45) is 6.48. The summed E-state index contributed by atoms with van der Waals surface area (Å²) in [6, 6.07) is 4.83. The van der Waals surface area contributed by atoms with Gasteiger partial charge in [0.25, 0.3) is 0 Å². The van der Waals surface area contributed by atoms with Crippen molar-refractivity contribution < 1.29 is 24.1 Å². The fourth-order valence-electron chi connectivity index (χ4n) is 4.70. The summed E-state index contributed by atoms with van der Waals surface area (Å²) in [4.78, 5) is 14.3. The van der Waals surface area contributed by atoms with Crippen molar-refractivity contribution in [2.45, 2.75) is 57.5 Å². The van der Waals surface area contributed by atoms with E-state index < -0.39 is 6.10 Å². The third kappa shape index (κ3) is 9.13. The van der Waals surface area contributed by atoms with Crippen LogP contribution in [-0.4, -0.2) is 79.6 Å². The number of likely N-dealkylation sites (tertiary alicyclic amines) is 1. The number of ether oxygens (including phenoxy) is 1. The number of piperidine rings is 1. The molecule has 0 aromatic heterocycles. The highest BCUT2D eigenvalue weighted by Gasteiger charge is 2.30. The molecule has 2 aliphatic rings. The number of benzene rings is 1. The summed E-state index contributed by atoms with van der Waals surface area (Å²) < 4.78 is 20.2. The van der Waals surface area contributed by atoms with Gasteiger partial charge in [0, 0.05) is 31.6 Å². The van der Waals surface area contributed by atoms with Crippen molar-refractivity contribution in [1.82, 2.24) is 15.5 Å². The Kier molecular flexibility index (Phi) is 11.5. The second-order valence-electron chi connectivity index (χ2n) is 9.82. The maximum atomic E-state index is 14.5. The summed E-state index contributed by atoms with van der Waals surface area (Å²) in [5, 5.41) is 24.9. The number of aliphatic hydroxyl groups excluding tert-OH is 2. The number of rotatable bonds is 15. The van der Waals surface area contributed by atoms with Gasteiger partial charge < -0.3 is 30.5 Å². The Morgan fingerprint density at radius 2 is 2.00 bits per heavy atom. The molecule has 7 nitrogen and oxygen atoms in total. The van der Waals surface area contributed by atoms with Gasteiger partial charge in [0.2, 0.25) is 5.91 Å². The zero-order valence-electron chi connectivity index (χ0n) is 20.3. The number of hydrogen-bond donors (Lipinski definition) is 4. The maximum absolute atomic E-state index is 14.5. The quantitative estimate of drug-likeness (QED) is 0.288. The van der Waals surface area contributed by atoms with Crippen molar-refractivity contribution in [2.75, 3.05) is 52.5 Å². The molecular weight excluding hydrogens is 437 g/mol. The van der Waals surface area contributed by atoms with Crippen molar-refractivity contribution in [3.63, 3.8) is 0 Å². The Hall–Kier alpha value is -1.74. The molecule has 1 atom stereocenters. The molecule has 2 fully saturated rings. The van der Waals surface area contributed by atoms with Crippen LogP contribution in [0.15, 0.2) is 18.2 Å². The van der Waals surface area contributed by atoms with E-state index >= 15 is 0 Å². The molecule has 1 aromatic carbocycles. The van der Waals surface area contributed by atoms with Gasteiger partial charge in [-0.2, -0.15) is 0 Å². The fraction of sp³-hybridized carbons (Fsp3) is 0.731. The largest absolute Gasteiger partial charge is 0.493 e. The Bertz CT molecular complexity index is 739. The predicted octanol–water partition coefficient (Wildman–Crippen LogP) is 2.10. The van der Waals surface area contributed by atoms with Gasteiger partial charge >= 0.3 is 0 Å². The predicted molar refractivity (Wildman–Crippen MR) is 130 cm³/mol. The summed E-state index contributed by atoms with van der Waals surface area (Å²) in [7, 11) is 0. The number of aliphatic hydroxyl groups is 2. The normalized spacial score (nSPS) is 18.0. The number of amides is 1. The molecule has 0 radical (unpaired) electrons. The van der Waals surface area contributed by atoms with Gasteiger partial charge in [-0.1, -0.05) is 6.07 Å². The standard InChI is InChI=1S/C26H42FN3O4/c27-25-15-24(34-13-3-4-20-8-11-28-12-9-20)7-6-22(25)14-26(33)30-17-21(18-30)16-29-10-2-1-5-23(32)19-31/h6-7,15,20-21,23,28-29,31-32H,1-5,8-14,16-19H2/t23-/m0/s1. The van der Waals surface area contributed by atoms with Crippen LogP contribution >= 0.6 is 0 Å². The monoisotopic (exact) mass is 479 g/mol. The number of halogens is 1. The Morgan fingerprint density at radius 1 is 1.21 bits per heavy atom. The van der Waals surface area contributed by atoms with E-state index in [-0.39, 0.29) is 24.8 Å². The van der Waals surface area contributed by atoms with Crippen LogP contribution in [-0.2, 0) is 11.2 Å². The SMILES string of the molecule is O=C(Cc1ccc(OCCCC2CCNCC2)cc1F)N1CC(CNCCCC[C@H](O)CO)C1. The van der Waals surface area contributed by atoms with Gasteiger partial charge in [-0.25, -0.2) is 4.39 Å². The van der Waals surface area contributed by atoms with Crippen LogP contribution in [0.25, 0.3) is 0 Å². The number of nitrogens with one attached hydrogen (secondary N) is 2. The van der Waals surface area contributed by atoms with E-state index in [1.54, 1.807) is 17.0 Å². The topological polar surface area (TPSA) is 94.1 Å². The van der Waals surface area contributed by atoms with Crippen LogP contribution in [0, 0.1) is 17.7 Å². The van der Waals surface area contributed by atoms with Crippen molar-refractivity contribution in [2.24, 2.45) is 11.8 Å². The molecule has 1 aromatic rings. The molecule has 192 valence electrons. The molecule has 2 heterocycles. The molecule has 0 unspecified atom stereocenters. The Balaban J connectivity index is 1.26. The van der Waals surface area contributed by atoms with Gasteiger partial charge in [0.15, 0.2) is 0 Å². The van der Waals surface area contributed by atoms with Gasteiger partial charge in [-0.3, -0.25) is 4.79 Å². The lowest BCUT2D eigenvalue weighted by atomic mass is 9.93. The van der Waals surface area contributed by atoms with E-state index in [9.17, 15) is 14.3 Å². The second kappa shape index (κ2) is 14.6. The highest BCUT2D eigenvalue weighted by molar-refractivity contribution is 5.79. The molecule has 4 N–H and O–H groups in total. The zero-order chi connectivity index (χ0) is 24.2. The van der Waals surface area contributed by atoms with E-state index in [4.69, 9.17) is 9.84 Å². The van der Waals surface area contributed by atoms with E-state index in [1.165, 1.54) is 18.9 Å². The number of carbonyl (C=O) groups excluding carboxylic acids is 1. The molecule has 8 heteroatoms.